The SMILES string of the molecule is Cc1cc2ccccc2n1CCCNC(=O)/C=C/c1ccccc1. The van der Waals surface area contributed by atoms with Gasteiger partial charge in [-0.3, -0.25) is 4.79 Å². The highest BCUT2D eigenvalue weighted by atomic mass is 16.1. The lowest BCUT2D eigenvalue weighted by Gasteiger charge is -2.08. The highest BCUT2D eigenvalue weighted by Gasteiger charge is 2.04. The summed E-state index contributed by atoms with van der Waals surface area (Å²) >= 11 is 0. The van der Waals surface area contributed by atoms with Gasteiger partial charge in [0.25, 0.3) is 0 Å². The van der Waals surface area contributed by atoms with Crippen molar-refractivity contribution < 1.29 is 4.79 Å². The number of aryl methyl sites for hydroxylation is 2. The molecule has 3 aromatic rings. The molecule has 0 radical (unpaired) electrons. The van der Waals surface area contributed by atoms with Crippen LogP contribution in [0.25, 0.3) is 17.0 Å². The van der Waals surface area contributed by atoms with Crippen molar-refractivity contribution in [3.05, 3.63) is 78.0 Å². The minimum Gasteiger partial charge on any atom is -0.352 e. The average molecular weight is 318 g/mol. The molecule has 0 saturated carbocycles. The number of nitrogens with one attached hydrogen (secondary N) is 1. The molecule has 3 rings (SSSR count). The van der Waals surface area contributed by atoms with E-state index >= 15 is 0 Å². The third-order valence-electron chi connectivity index (χ3n) is 4.10. The number of benzene rings is 2. The fourth-order valence-corrected chi connectivity index (χ4v) is 2.89. The van der Waals surface area contributed by atoms with Crippen LogP contribution in [0.4, 0.5) is 0 Å². The van der Waals surface area contributed by atoms with Crippen molar-refractivity contribution in [2.75, 3.05) is 6.54 Å². The molecule has 0 aliphatic rings. The van der Waals surface area contributed by atoms with Crippen molar-refractivity contribution >= 4 is 22.9 Å². The second-order valence-electron chi connectivity index (χ2n) is 5.88. The molecular weight excluding hydrogens is 296 g/mol. The van der Waals surface area contributed by atoms with Crippen LogP contribution in [0.5, 0.6) is 0 Å². The summed E-state index contributed by atoms with van der Waals surface area (Å²) in [5.74, 6) is -0.0482. The maximum atomic E-state index is 11.9. The minimum absolute atomic E-state index is 0.0482. The summed E-state index contributed by atoms with van der Waals surface area (Å²) in [7, 11) is 0. The van der Waals surface area contributed by atoms with Crippen molar-refractivity contribution in [1.82, 2.24) is 9.88 Å². The second-order valence-corrected chi connectivity index (χ2v) is 5.88. The Morgan fingerprint density at radius 1 is 1.08 bits per heavy atom. The lowest BCUT2D eigenvalue weighted by atomic mass is 10.2. The molecule has 0 bridgehead atoms. The van der Waals surface area contributed by atoms with Crippen LogP contribution < -0.4 is 5.32 Å². The van der Waals surface area contributed by atoms with Crippen molar-refractivity contribution in [3.63, 3.8) is 0 Å². The first-order valence-corrected chi connectivity index (χ1v) is 8.30. The standard InChI is InChI=1S/C21H22N2O/c1-17-16-19-10-5-6-11-20(19)23(17)15-7-14-22-21(24)13-12-18-8-3-2-4-9-18/h2-6,8-13,16H,7,14-15H2,1H3,(H,22,24)/b13-12+. The lowest BCUT2D eigenvalue weighted by Crippen LogP contribution is -2.23. The van der Waals surface area contributed by atoms with Gasteiger partial charge in [-0.25, -0.2) is 0 Å². The van der Waals surface area contributed by atoms with Crippen molar-refractivity contribution in [2.24, 2.45) is 0 Å². The molecule has 24 heavy (non-hydrogen) atoms. The summed E-state index contributed by atoms with van der Waals surface area (Å²) in [6, 6.07) is 20.4. The van der Waals surface area contributed by atoms with Crippen LogP contribution in [0.1, 0.15) is 17.7 Å². The highest BCUT2D eigenvalue weighted by Crippen LogP contribution is 2.19. The minimum atomic E-state index is -0.0482. The van der Waals surface area contributed by atoms with E-state index in [-0.39, 0.29) is 5.91 Å². The molecule has 0 aliphatic heterocycles. The molecule has 1 aromatic heterocycles. The number of carbonyl (C=O) groups excluding carboxylic acids is 1. The van der Waals surface area contributed by atoms with E-state index < -0.39 is 0 Å². The average Bonchev–Trinajstić information content (AvgIpc) is 2.93. The van der Waals surface area contributed by atoms with Crippen molar-refractivity contribution in [1.29, 1.82) is 0 Å². The van der Waals surface area contributed by atoms with Crippen LogP contribution in [-0.2, 0) is 11.3 Å². The van der Waals surface area contributed by atoms with E-state index in [2.05, 4.69) is 47.1 Å². The van der Waals surface area contributed by atoms with Gasteiger partial charge in [-0.05, 0) is 42.5 Å². The van der Waals surface area contributed by atoms with Crippen LogP contribution in [0.3, 0.4) is 0 Å². The van der Waals surface area contributed by atoms with Gasteiger partial charge in [0.05, 0.1) is 0 Å². The topological polar surface area (TPSA) is 34.0 Å². The molecule has 0 atom stereocenters. The third-order valence-corrected chi connectivity index (χ3v) is 4.10. The Hall–Kier alpha value is -2.81. The second kappa shape index (κ2) is 7.64. The molecule has 0 saturated heterocycles. The van der Waals surface area contributed by atoms with E-state index in [1.165, 1.54) is 16.6 Å². The predicted molar refractivity (Wildman–Crippen MR) is 99.8 cm³/mol. The molecule has 0 fully saturated rings. The van der Waals surface area contributed by atoms with Gasteiger partial charge >= 0.3 is 0 Å². The van der Waals surface area contributed by atoms with Crippen LogP contribution in [0.15, 0.2) is 66.7 Å². The molecule has 122 valence electrons. The zero-order valence-electron chi connectivity index (χ0n) is 13.9. The number of hydrogen-bond acceptors (Lipinski definition) is 1. The Morgan fingerprint density at radius 2 is 1.83 bits per heavy atom. The van der Waals surface area contributed by atoms with E-state index in [0.717, 1.165) is 18.5 Å². The molecule has 3 heteroatoms. The number of aromatic nitrogens is 1. The summed E-state index contributed by atoms with van der Waals surface area (Å²) in [6.07, 6.45) is 4.33. The zero-order valence-corrected chi connectivity index (χ0v) is 13.9. The lowest BCUT2D eigenvalue weighted by molar-refractivity contribution is -0.116. The fraction of sp³-hybridized carbons (Fsp3) is 0.190. The zero-order chi connectivity index (χ0) is 16.8. The monoisotopic (exact) mass is 318 g/mol. The van der Waals surface area contributed by atoms with E-state index in [1.807, 2.05) is 36.4 Å². The number of para-hydroxylation sites is 1. The quantitative estimate of drug-likeness (QED) is 0.537. The number of rotatable bonds is 6. The van der Waals surface area contributed by atoms with E-state index in [0.29, 0.717) is 6.54 Å². The number of fused-ring (bicyclic) bond motifs is 1. The highest BCUT2D eigenvalue weighted by molar-refractivity contribution is 5.91. The fourth-order valence-electron chi connectivity index (χ4n) is 2.89. The van der Waals surface area contributed by atoms with Gasteiger partial charge in [0.15, 0.2) is 0 Å². The van der Waals surface area contributed by atoms with E-state index in [4.69, 9.17) is 0 Å². The maximum absolute atomic E-state index is 11.9. The van der Waals surface area contributed by atoms with Gasteiger partial charge in [-0.1, -0.05) is 48.5 Å². The Bertz CT molecular complexity index is 847. The predicted octanol–water partition coefficient (Wildman–Crippen LogP) is 4.17. The third kappa shape index (κ3) is 3.93. The van der Waals surface area contributed by atoms with Gasteiger partial charge in [0.2, 0.25) is 5.91 Å². The molecule has 0 spiro atoms. The number of carbonyl (C=O) groups is 1. The number of nitrogens with zero attached hydrogens (tertiary/aromatic N) is 1. The van der Waals surface area contributed by atoms with Crippen LogP contribution in [0, 0.1) is 6.92 Å². The van der Waals surface area contributed by atoms with Crippen LogP contribution in [-0.4, -0.2) is 17.0 Å². The van der Waals surface area contributed by atoms with Crippen molar-refractivity contribution in [2.45, 2.75) is 19.9 Å². The molecule has 0 aliphatic carbocycles. The molecule has 0 unspecified atom stereocenters. The first kappa shape index (κ1) is 16.1. The van der Waals surface area contributed by atoms with E-state index in [1.54, 1.807) is 6.08 Å². The molecular formula is C21H22N2O. The number of hydrogen-bond donors (Lipinski definition) is 1. The molecule has 1 amide bonds. The Morgan fingerprint density at radius 3 is 2.67 bits per heavy atom. The van der Waals surface area contributed by atoms with E-state index in [9.17, 15) is 4.79 Å². The summed E-state index contributed by atoms with van der Waals surface area (Å²) in [5.41, 5.74) is 3.54. The van der Waals surface area contributed by atoms with Crippen molar-refractivity contribution in [3.8, 4) is 0 Å². The van der Waals surface area contributed by atoms with Crippen LogP contribution >= 0.6 is 0 Å². The summed E-state index contributed by atoms with van der Waals surface area (Å²) in [4.78, 5) is 11.9. The Balaban J connectivity index is 1.49. The van der Waals surface area contributed by atoms with Crippen LogP contribution in [0.2, 0.25) is 0 Å². The summed E-state index contributed by atoms with van der Waals surface area (Å²) in [5, 5.41) is 4.21. The molecule has 1 N–H and O–H groups in total. The summed E-state index contributed by atoms with van der Waals surface area (Å²) < 4.78 is 2.31. The van der Waals surface area contributed by atoms with Gasteiger partial charge in [-0.2, -0.15) is 0 Å². The Labute approximate surface area is 142 Å². The maximum Gasteiger partial charge on any atom is 0.244 e. The first-order chi connectivity index (χ1) is 11.7. The van der Waals surface area contributed by atoms with Gasteiger partial charge in [-0.15, -0.1) is 0 Å². The Kier molecular flexibility index (Phi) is 5.12. The molecule has 3 nitrogen and oxygen atoms in total. The van der Waals surface area contributed by atoms with Gasteiger partial charge < -0.3 is 9.88 Å². The molecule has 2 aromatic carbocycles. The first-order valence-electron chi connectivity index (χ1n) is 8.30. The summed E-state index contributed by atoms with van der Waals surface area (Å²) in [6.45, 7) is 3.70. The van der Waals surface area contributed by atoms with Gasteiger partial charge in [0, 0.05) is 30.4 Å². The normalized spacial score (nSPS) is 11.2. The number of amides is 1. The largest absolute Gasteiger partial charge is 0.352 e. The smallest absolute Gasteiger partial charge is 0.244 e. The molecule has 1 heterocycles. The van der Waals surface area contributed by atoms with Gasteiger partial charge in [0.1, 0.15) is 0 Å².